The summed E-state index contributed by atoms with van der Waals surface area (Å²) in [5.41, 5.74) is 0.587. The molecular formula is C10H16FN2. The third-order valence-corrected chi connectivity index (χ3v) is 2.31. The van der Waals surface area contributed by atoms with E-state index in [1.807, 2.05) is 0 Å². The molecule has 2 nitrogen and oxygen atoms in total. The Bertz CT molecular complexity index is 268. The second-order valence-corrected chi connectivity index (χ2v) is 3.45. The second kappa shape index (κ2) is 4.40. The molecule has 1 atom stereocenters. The average Bonchev–Trinajstić information content (AvgIpc) is 2.44. The third-order valence-electron chi connectivity index (χ3n) is 2.31. The Morgan fingerprint density at radius 3 is 2.77 bits per heavy atom. The zero-order valence-corrected chi connectivity index (χ0v) is 8.47. The first kappa shape index (κ1) is 10.2. The minimum Gasteiger partial charge on any atom is -0.263 e. The van der Waals surface area contributed by atoms with E-state index >= 15 is 0 Å². The highest BCUT2D eigenvalue weighted by Gasteiger charge is 2.11. The van der Waals surface area contributed by atoms with Gasteiger partial charge in [0.25, 0.3) is 0 Å². The Morgan fingerprint density at radius 2 is 2.31 bits per heavy atom. The molecule has 0 spiro atoms. The van der Waals surface area contributed by atoms with Crippen molar-refractivity contribution >= 4 is 0 Å². The molecule has 0 aliphatic rings. The first-order valence-electron chi connectivity index (χ1n) is 4.79. The van der Waals surface area contributed by atoms with Crippen molar-refractivity contribution < 1.29 is 4.39 Å². The van der Waals surface area contributed by atoms with Gasteiger partial charge in [-0.15, -0.1) is 0 Å². The maximum absolute atomic E-state index is 12.9. The van der Waals surface area contributed by atoms with Crippen molar-refractivity contribution in [1.29, 1.82) is 0 Å². The molecular weight excluding hydrogens is 167 g/mol. The molecule has 0 N–H and O–H groups in total. The van der Waals surface area contributed by atoms with Gasteiger partial charge in [0.05, 0.1) is 5.69 Å². The van der Waals surface area contributed by atoms with Gasteiger partial charge in [0.2, 0.25) is 0 Å². The Balaban J connectivity index is 2.65. The largest absolute Gasteiger partial charge is 0.263 e. The van der Waals surface area contributed by atoms with Crippen molar-refractivity contribution in [2.45, 2.75) is 46.1 Å². The predicted molar refractivity (Wildman–Crippen MR) is 50.0 cm³/mol. The lowest BCUT2D eigenvalue weighted by atomic mass is 10.1. The molecule has 1 aromatic rings. The number of halogens is 1. The number of aromatic nitrogens is 2. The van der Waals surface area contributed by atoms with E-state index in [9.17, 15) is 4.39 Å². The summed E-state index contributed by atoms with van der Waals surface area (Å²) in [5.74, 6) is -0.330. The third kappa shape index (κ3) is 2.29. The quantitative estimate of drug-likeness (QED) is 0.701. The van der Waals surface area contributed by atoms with Gasteiger partial charge in [-0.2, -0.15) is 5.10 Å². The highest BCUT2D eigenvalue weighted by molar-refractivity contribution is 5.00. The Morgan fingerprint density at radius 1 is 1.62 bits per heavy atom. The summed E-state index contributed by atoms with van der Waals surface area (Å²) < 4.78 is 14.6. The van der Waals surface area contributed by atoms with E-state index in [1.165, 1.54) is 0 Å². The van der Waals surface area contributed by atoms with Crippen LogP contribution >= 0.6 is 0 Å². The van der Waals surface area contributed by atoms with Crippen LogP contribution in [0.4, 0.5) is 4.39 Å². The molecule has 1 radical (unpaired) electrons. The van der Waals surface area contributed by atoms with E-state index in [2.05, 4.69) is 25.1 Å². The monoisotopic (exact) mass is 183 g/mol. The van der Waals surface area contributed by atoms with Crippen LogP contribution in [-0.2, 0) is 0 Å². The van der Waals surface area contributed by atoms with Gasteiger partial charge < -0.3 is 0 Å². The minimum absolute atomic E-state index is 0.278. The van der Waals surface area contributed by atoms with Crippen LogP contribution in [0, 0.1) is 18.9 Å². The fourth-order valence-corrected chi connectivity index (χ4v) is 1.41. The number of hydrogen-bond acceptors (Lipinski definition) is 1. The van der Waals surface area contributed by atoms with Crippen molar-refractivity contribution in [3.8, 4) is 0 Å². The predicted octanol–water partition coefficient (Wildman–Crippen LogP) is 2.88. The van der Waals surface area contributed by atoms with Crippen molar-refractivity contribution in [2.75, 3.05) is 0 Å². The van der Waals surface area contributed by atoms with Crippen LogP contribution in [-0.4, -0.2) is 9.78 Å². The van der Waals surface area contributed by atoms with Crippen LogP contribution in [0.1, 0.15) is 44.8 Å². The SMILES string of the molecule is CCCCC(C)n1n[c]c(F)c1C. The summed E-state index contributed by atoms with van der Waals surface area (Å²) in [6, 6.07) is 0.278. The van der Waals surface area contributed by atoms with Crippen LogP contribution < -0.4 is 0 Å². The number of hydrogen-bond donors (Lipinski definition) is 0. The maximum atomic E-state index is 12.9. The van der Waals surface area contributed by atoms with Crippen LogP contribution in [0.25, 0.3) is 0 Å². The molecule has 0 amide bonds. The lowest BCUT2D eigenvalue weighted by molar-refractivity contribution is 0.431. The molecule has 0 aliphatic carbocycles. The zero-order valence-electron chi connectivity index (χ0n) is 8.47. The fraction of sp³-hybridized carbons (Fsp3) is 0.700. The Labute approximate surface area is 78.8 Å². The highest BCUT2D eigenvalue weighted by atomic mass is 19.1. The van der Waals surface area contributed by atoms with Gasteiger partial charge in [0, 0.05) is 6.04 Å². The smallest absolute Gasteiger partial charge is 0.173 e. The van der Waals surface area contributed by atoms with Gasteiger partial charge in [0.15, 0.2) is 12.0 Å². The van der Waals surface area contributed by atoms with Gasteiger partial charge in [-0.1, -0.05) is 19.8 Å². The molecule has 0 bridgehead atoms. The van der Waals surface area contributed by atoms with Crippen LogP contribution in [0.2, 0.25) is 0 Å². The van der Waals surface area contributed by atoms with Crippen LogP contribution in [0.5, 0.6) is 0 Å². The van der Waals surface area contributed by atoms with E-state index in [1.54, 1.807) is 11.6 Å². The van der Waals surface area contributed by atoms with Gasteiger partial charge in [0.1, 0.15) is 0 Å². The lowest BCUT2D eigenvalue weighted by Crippen LogP contribution is -2.08. The molecule has 3 heteroatoms. The van der Waals surface area contributed by atoms with Gasteiger partial charge in [-0.05, 0) is 20.3 Å². The van der Waals surface area contributed by atoms with E-state index in [-0.39, 0.29) is 11.9 Å². The lowest BCUT2D eigenvalue weighted by Gasteiger charge is -2.12. The number of unbranched alkanes of at least 4 members (excludes halogenated alkanes) is 1. The summed E-state index contributed by atoms with van der Waals surface area (Å²) in [5, 5.41) is 3.88. The molecule has 13 heavy (non-hydrogen) atoms. The molecule has 0 saturated carbocycles. The van der Waals surface area contributed by atoms with Gasteiger partial charge in [-0.3, -0.25) is 4.68 Å². The van der Waals surface area contributed by atoms with Crippen LogP contribution in [0.15, 0.2) is 0 Å². The number of rotatable bonds is 4. The van der Waals surface area contributed by atoms with Crippen molar-refractivity contribution in [2.24, 2.45) is 0 Å². The van der Waals surface area contributed by atoms with E-state index in [0.29, 0.717) is 5.69 Å². The molecule has 1 unspecified atom stereocenters. The highest BCUT2D eigenvalue weighted by Crippen LogP contribution is 2.16. The van der Waals surface area contributed by atoms with E-state index in [4.69, 9.17) is 0 Å². The summed E-state index contributed by atoms with van der Waals surface area (Å²) in [4.78, 5) is 0. The van der Waals surface area contributed by atoms with Gasteiger partial charge in [-0.25, -0.2) is 4.39 Å². The molecule has 0 aliphatic heterocycles. The first-order valence-corrected chi connectivity index (χ1v) is 4.79. The van der Waals surface area contributed by atoms with Crippen LogP contribution in [0.3, 0.4) is 0 Å². The summed E-state index contributed by atoms with van der Waals surface area (Å²) >= 11 is 0. The molecule has 0 aromatic carbocycles. The Hall–Kier alpha value is -0.860. The standard InChI is InChI=1S/C10H16FN2/c1-4-5-6-8(2)13-9(3)10(11)7-12-13/h8H,4-6H2,1-3H3. The van der Waals surface area contributed by atoms with Crippen molar-refractivity contribution in [3.63, 3.8) is 0 Å². The van der Waals surface area contributed by atoms with Crippen molar-refractivity contribution in [3.05, 3.63) is 17.7 Å². The van der Waals surface area contributed by atoms with Crippen molar-refractivity contribution in [1.82, 2.24) is 9.78 Å². The van der Waals surface area contributed by atoms with Gasteiger partial charge >= 0.3 is 0 Å². The Kier molecular flexibility index (Phi) is 3.46. The molecule has 0 saturated heterocycles. The maximum Gasteiger partial charge on any atom is 0.173 e. The minimum atomic E-state index is -0.330. The molecule has 1 aromatic heterocycles. The number of nitrogens with zero attached hydrogens (tertiary/aromatic N) is 2. The molecule has 73 valence electrons. The zero-order chi connectivity index (χ0) is 9.84. The van der Waals surface area contributed by atoms with E-state index < -0.39 is 0 Å². The fourth-order valence-electron chi connectivity index (χ4n) is 1.41. The summed E-state index contributed by atoms with van der Waals surface area (Å²) in [6.45, 7) is 5.94. The average molecular weight is 183 g/mol. The normalized spacial score (nSPS) is 13.2. The summed E-state index contributed by atoms with van der Waals surface area (Å²) in [7, 11) is 0. The summed E-state index contributed by atoms with van der Waals surface area (Å²) in [6.07, 6.45) is 5.71. The molecule has 1 heterocycles. The second-order valence-electron chi connectivity index (χ2n) is 3.45. The first-order chi connectivity index (χ1) is 6.16. The van der Waals surface area contributed by atoms with E-state index in [0.717, 1.165) is 19.3 Å². The topological polar surface area (TPSA) is 17.8 Å². The molecule has 1 rings (SSSR count). The molecule has 0 fully saturated rings.